The SMILES string of the molecule is O=C(Oc1ccc(C=Nc2ccc(N3CC[NH2+]CC3)cc2)cc1)c1ccc2c(c1)OCO2. The van der Waals surface area contributed by atoms with E-state index >= 15 is 0 Å². The van der Waals surface area contributed by atoms with E-state index in [2.05, 4.69) is 27.3 Å². The number of ether oxygens (including phenoxy) is 3. The monoisotopic (exact) mass is 430 g/mol. The minimum absolute atomic E-state index is 0.165. The molecule has 1 fully saturated rings. The van der Waals surface area contributed by atoms with Crippen LogP contribution < -0.4 is 24.4 Å². The summed E-state index contributed by atoms with van der Waals surface area (Å²) < 4.78 is 16.0. The zero-order chi connectivity index (χ0) is 21.8. The van der Waals surface area contributed by atoms with Crippen LogP contribution in [-0.2, 0) is 0 Å². The molecular formula is C25H24N3O4+. The van der Waals surface area contributed by atoms with E-state index in [0.29, 0.717) is 22.8 Å². The Hall–Kier alpha value is -3.84. The molecule has 2 heterocycles. The van der Waals surface area contributed by atoms with Crippen molar-refractivity contribution in [1.29, 1.82) is 0 Å². The first-order valence-electron chi connectivity index (χ1n) is 10.7. The minimum Gasteiger partial charge on any atom is -0.454 e. The molecule has 0 aliphatic carbocycles. The number of nitrogens with two attached hydrogens (primary N) is 1. The van der Waals surface area contributed by atoms with Crippen molar-refractivity contribution in [3.05, 3.63) is 77.9 Å². The maximum atomic E-state index is 12.4. The van der Waals surface area contributed by atoms with Gasteiger partial charge in [0.1, 0.15) is 5.75 Å². The van der Waals surface area contributed by atoms with Gasteiger partial charge in [-0.25, -0.2) is 4.79 Å². The highest BCUT2D eigenvalue weighted by atomic mass is 16.7. The Kier molecular flexibility index (Phi) is 5.72. The van der Waals surface area contributed by atoms with E-state index in [4.69, 9.17) is 14.2 Å². The van der Waals surface area contributed by atoms with Crippen molar-refractivity contribution in [2.75, 3.05) is 37.9 Å². The van der Waals surface area contributed by atoms with Crippen LogP contribution in [0.15, 0.2) is 71.7 Å². The number of fused-ring (bicyclic) bond motifs is 1. The summed E-state index contributed by atoms with van der Waals surface area (Å²) in [7, 11) is 0. The second kappa shape index (κ2) is 9.11. The maximum absolute atomic E-state index is 12.4. The van der Waals surface area contributed by atoms with E-state index in [1.54, 1.807) is 36.5 Å². The number of hydrogen-bond donors (Lipinski definition) is 1. The van der Waals surface area contributed by atoms with E-state index < -0.39 is 5.97 Å². The summed E-state index contributed by atoms with van der Waals surface area (Å²) in [6.07, 6.45) is 1.80. The number of quaternary nitrogens is 1. The molecule has 5 rings (SSSR count). The lowest BCUT2D eigenvalue weighted by Gasteiger charge is -2.27. The van der Waals surface area contributed by atoms with Gasteiger partial charge in [-0.3, -0.25) is 4.99 Å². The van der Waals surface area contributed by atoms with Gasteiger partial charge in [0.15, 0.2) is 11.5 Å². The van der Waals surface area contributed by atoms with Gasteiger partial charge in [-0.15, -0.1) is 0 Å². The fraction of sp³-hybridized carbons (Fsp3) is 0.200. The lowest BCUT2D eigenvalue weighted by Crippen LogP contribution is -2.89. The number of aliphatic imine (C=N–C) groups is 1. The maximum Gasteiger partial charge on any atom is 0.343 e. The number of hydrogen-bond acceptors (Lipinski definition) is 6. The number of anilines is 1. The van der Waals surface area contributed by atoms with Crippen LogP contribution in [0, 0.1) is 0 Å². The molecule has 0 atom stereocenters. The van der Waals surface area contributed by atoms with Crippen molar-refractivity contribution in [3.8, 4) is 17.2 Å². The van der Waals surface area contributed by atoms with Gasteiger partial charge >= 0.3 is 5.97 Å². The number of carbonyl (C=O) groups is 1. The van der Waals surface area contributed by atoms with Crippen molar-refractivity contribution in [2.45, 2.75) is 0 Å². The molecule has 3 aromatic rings. The van der Waals surface area contributed by atoms with Crippen molar-refractivity contribution in [1.82, 2.24) is 0 Å². The van der Waals surface area contributed by atoms with Crippen LogP contribution in [-0.4, -0.2) is 45.2 Å². The van der Waals surface area contributed by atoms with E-state index in [1.165, 1.54) is 5.69 Å². The second-order valence-electron chi connectivity index (χ2n) is 7.65. The number of carbonyl (C=O) groups excluding carboxylic acids is 1. The Bertz CT molecular complexity index is 1120. The zero-order valence-electron chi connectivity index (χ0n) is 17.6. The summed E-state index contributed by atoms with van der Waals surface area (Å²) in [6, 6.07) is 20.5. The van der Waals surface area contributed by atoms with Crippen LogP contribution in [0.25, 0.3) is 0 Å². The molecule has 0 radical (unpaired) electrons. The van der Waals surface area contributed by atoms with Crippen LogP contribution >= 0.6 is 0 Å². The molecule has 1 saturated heterocycles. The zero-order valence-corrected chi connectivity index (χ0v) is 17.6. The van der Waals surface area contributed by atoms with Gasteiger partial charge < -0.3 is 24.4 Å². The average Bonchev–Trinajstić information content (AvgIpc) is 3.32. The van der Waals surface area contributed by atoms with Crippen molar-refractivity contribution in [2.24, 2.45) is 4.99 Å². The molecule has 32 heavy (non-hydrogen) atoms. The number of esters is 1. The molecule has 162 valence electrons. The highest BCUT2D eigenvalue weighted by Gasteiger charge is 2.17. The molecule has 0 bridgehead atoms. The predicted octanol–water partition coefficient (Wildman–Crippen LogP) is 2.77. The summed E-state index contributed by atoms with van der Waals surface area (Å²) in [5.41, 5.74) is 3.47. The fourth-order valence-corrected chi connectivity index (χ4v) is 3.72. The fourth-order valence-electron chi connectivity index (χ4n) is 3.72. The van der Waals surface area contributed by atoms with Gasteiger partial charge in [-0.05, 0) is 72.3 Å². The van der Waals surface area contributed by atoms with Crippen LogP contribution in [0.1, 0.15) is 15.9 Å². The summed E-state index contributed by atoms with van der Waals surface area (Å²) >= 11 is 0. The standard InChI is InChI=1S/C25H23N3O4/c29-25(19-3-10-23-24(15-19)31-17-30-23)32-22-8-1-18(2-9-22)16-27-20-4-6-21(7-5-20)28-13-11-26-12-14-28/h1-10,15-16,26H,11-14,17H2/p+1. The Morgan fingerprint density at radius 2 is 1.69 bits per heavy atom. The molecule has 0 unspecified atom stereocenters. The Morgan fingerprint density at radius 1 is 0.938 bits per heavy atom. The lowest BCUT2D eigenvalue weighted by molar-refractivity contribution is -0.655. The third-order valence-corrected chi connectivity index (χ3v) is 5.48. The Morgan fingerprint density at radius 3 is 2.47 bits per heavy atom. The molecule has 2 aliphatic rings. The highest BCUT2D eigenvalue weighted by molar-refractivity contribution is 5.92. The smallest absolute Gasteiger partial charge is 0.343 e. The van der Waals surface area contributed by atoms with Gasteiger partial charge in [0.25, 0.3) is 0 Å². The third-order valence-electron chi connectivity index (χ3n) is 5.48. The highest BCUT2D eigenvalue weighted by Crippen LogP contribution is 2.32. The van der Waals surface area contributed by atoms with Crippen molar-refractivity contribution >= 4 is 23.6 Å². The Labute approximate surface area is 186 Å². The van der Waals surface area contributed by atoms with Gasteiger partial charge in [0.05, 0.1) is 37.4 Å². The number of benzene rings is 3. The topological polar surface area (TPSA) is 77.0 Å². The number of nitrogens with zero attached hydrogens (tertiary/aromatic N) is 2. The number of rotatable bonds is 5. The van der Waals surface area contributed by atoms with E-state index in [0.717, 1.165) is 37.4 Å². The average molecular weight is 430 g/mol. The first kappa shape index (κ1) is 20.1. The second-order valence-corrected chi connectivity index (χ2v) is 7.65. The van der Waals surface area contributed by atoms with Crippen LogP contribution in [0.4, 0.5) is 11.4 Å². The van der Waals surface area contributed by atoms with Gasteiger partial charge in [0.2, 0.25) is 6.79 Å². The summed E-state index contributed by atoms with van der Waals surface area (Å²) in [5.74, 6) is 1.20. The van der Waals surface area contributed by atoms with E-state index in [1.807, 2.05) is 24.3 Å². The first-order chi connectivity index (χ1) is 15.7. The summed E-state index contributed by atoms with van der Waals surface area (Å²) in [6.45, 7) is 4.60. The van der Waals surface area contributed by atoms with E-state index in [9.17, 15) is 4.79 Å². The molecule has 0 saturated carbocycles. The molecule has 0 amide bonds. The quantitative estimate of drug-likeness (QED) is 0.383. The van der Waals surface area contributed by atoms with Crippen LogP contribution in [0.5, 0.6) is 17.2 Å². The molecule has 0 aromatic heterocycles. The largest absolute Gasteiger partial charge is 0.454 e. The summed E-state index contributed by atoms with van der Waals surface area (Å²) in [4.78, 5) is 19.4. The number of piperazine rings is 1. The summed E-state index contributed by atoms with van der Waals surface area (Å²) in [5, 5.41) is 2.35. The minimum atomic E-state index is -0.448. The lowest BCUT2D eigenvalue weighted by atomic mass is 10.2. The normalized spacial score (nSPS) is 15.2. The van der Waals surface area contributed by atoms with Gasteiger partial charge in [-0.2, -0.15) is 0 Å². The van der Waals surface area contributed by atoms with E-state index in [-0.39, 0.29) is 6.79 Å². The van der Waals surface area contributed by atoms with Gasteiger partial charge in [-0.1, -0.05) is 0 Å². The van der Waals surface area contributed by atoms with Crippen LogP contribution in [0.3, 0.4) is 0 Å². The molecule has 0 spiro atoms. The van der Waals surface area contributed by atoms with Gasteiger partial charge in [0, 0.05) is 11.9 Å². The molecule has 2 aliphatic heterocycles. The van der Waals surface area contributed by atoms with Crippen LogP contribution in [0.2, 0.25) is 0 Å². The van der Waals surface area contributed by atoms with Crippen molar-refractivity contribution < 1.29 is 24.3 Å². The first-order valence-corrected chi connectivity index (χ1v) is 10.7. The molecule has 2 N–H and O–H groups in total. The van der Waals surface area contributed by atoms with Crippen molar-refractivity contribution in [3.63, 3.8) is 0 Å². The third kappa shape index (κ3) is 4.58. The molecule has 7 nitrogen and oxygen atoms in total. The molecule has 3 aromatic carbocycles. The Balaban J connectivity index is 1.19. The molecule has 7 heteroatoms. The predicted molar refractivity (Wildman–Crippen MR) is 122 cm³/mol. The molecular weight excluding hydrogens is 406 g/mol.